The van der Waals surface area contributed by atoms with Crippen LogP contribution in [0.1, 0.15) is 158 Å². The number of nitrogens with zero attached hydrogens (tertiary/aromatic N) is 16. The molecule has 0 atom stereocenters. The third-order valence-corrected chi connectivity index (χ3v) is 33.8. The van der Waals surface area contributed by atoms with Gasteiger partial charge in [-0.25, -0.2) is 53.6 Å². The molecule has 0 bridgehead atoms. The van der Waals surface area contributed by atoms with Gasteiger partial charge in [-0.2, -0.15) is 20.4 Å². The molecule has 41 heteroatoms. The number of morpholine rings is 1. The average molecular weight is 2030 g/mol. The van der Waals surface area contributed by atoms with Crippen molar-refractivity contribution >= 4 is 129 Å². The molecule has 4 fully saturated rings. The van der Waals surface area contributed by atoms with E-state index in [9.17, 15) is 52.8 Å². The molecular formula is C104H112N24O13S4. The third kappa shape index (κ3) is 24.2. The number of amides is 4. The van der Waals surface area contributed by atoms with Crippen LogP contribution < -0.4 is 21.3 Å². The quantitative estimate of drug-likeness (QED) is 0.0226. The van der Waals surface area contributed by atoms with Crippen molar-refractivity contribution in [1.29, 1.82) is 0 Å². The predicted molar refractivity (Wildman–Crippen MR) is 555 cm³/mol. The fourth-order valence-corrected chi connectivity index (χ4v) is 20.8. The zero-order valence-electron chi connectivity index (χ0n) is 81.3. The second-order valence-electron chi connectivity index (χ2n) is 37.2. The number of carbonyl (C=O) groups is 4. The van der Waals surface area contributed by atoms with Crippen LogP contribution in [0.4, 0.5) is 22.7 Å². The fourth-order valence-electron chi connectivity index (χ4n) is 17.0. The minimum absolute atomic E-state index is 0.0218. The zero-order valence-corrected chi connectivity index (χ0v) is 84.6. The van der Waals surface area contributed by atoms with Crippen molar-refractivity contribution < 1.29 is 57.6 Å². The molecule has 12 aromatic heterocycles. The molecular weight excluding hydrogens is 1920 g/mol. The van der Waals surface area contributed by atoms with Gasteiger partial charge in [-0.05, 0) is 293 Å². The predicted octanol–water partition coefficient (Wildman–Crippen LogP) is 15.4. The molecule has 8 N–H and O–H groups in total. The Morgan fingerprint density at radius 2 is 0.517 bits per heavy atom. The van der Waals surface area contributed by atoms with Crippen LogP contribution in [-0.4, -0.2) is 244 Å². The van der Waals surface area contributed by atoms with E-state index in [2.05, 4.69) is 146 Å². The summed E-state index contributed by atoms with van der Waals surface area (Å²) in [7, 11) is -13.9. The normalized spacial score (nSPS) is 14.6. The number of ether oxygens (including phenoxy) is 1. The van der Waals surface area contributed by atoms with Crippen LogP contribution >= 0.6 is 0 Å². The van der Waals surface area contributed by atoms with Crippen LogP contribution in [-0.2, 0) is 70.3 Å². The first-order valence-electron chi connectivity index (χ1n) is 48.0. The lowest BCUT2D eigenvalue weighted by Gasteiger charge is -2.30. The minimum atomic E-state index is -3.49. The molecule has 145 heavy (non-hydrogen) atoms. The van der Waals surface area contributed by atoms with Crippen LogP contribution in [0.25, 0.3) is 88.1 Å². The molecule has 4 amide bonds. The Morgan fingerprint density at radius 3 is 0.738 bits per heavy atom. The van der Waals surface area contributed by atoms with Gasteiger partial charge in [-0.3, -0.25) is 79.1 Å². The first kappa shape index (κ1) is 102. The van der Waals surface area contributed by atoms with E-state index in [4.69, 9.17) is 4.74 Å². The van der Waals surface area contributed by atoms with E-state index in [1.807, 2.05) is 122 Å². The highest BCUT2D eigenvalue weighted by atomic mass is 32.2. The molecule has 0 unspecified atom stereocenters. The SMILES string of the molecule is CC(C)S(=O)(=O)c1ccc(NC(=O)c2n[nH]c3ccc(-c4cncc(CN5CCC5)c4)cc23)cn1.CC(C)S(=O)(=O)c1ccc(NC(=O)c2n[nH]c3ccc(-c4cncc(CN5CCCC5)c4)cc23)cn1.CC(C)S(=O)(=O)c1ccc(NC(=O)c2n[nH]c3ccc(-c4cncc(CN5CCCCC5)c4)cc23)cn1.CC(C)S(=O)(=O)c1ccc(NC(=O)c2n[nH]c3ccc(-c4cncc(CN5CCOCC5)c4)cc23)cn1. The van der Waals surface area contributed by atoms with Crippen molar-refractivity contribution in [3.05, 3.63) is 265 Å². The van der Waals surface area contributed by atoms with Crippen LogP contribution in [0.3, 0.4) is 0 Å². The number of hydrogen-bond donors (Lipinski definition) is 8. The van der Waals surface area contributed by atoms with E-state index in [0.29, 0.717) is 44.3 Å². The van der Waals surface area contributed by atoms with Gasteiger partial charge in [-0.1, -0.05) is 30.7 Å². The molecule has 4 aromatic carbocycles. The fraction of sp³-hybridized carbons (Fsp3) is 0.308. The van der Waals surface area contributed by atoms with Gasteiger partial charge < -0.3 is 26.0 Å². The lowest BCUT2D eigenvalue weighted by atomic mass is 10.0. The van der Waals surface area contributed by atoms with E-state index in [1.165, 1.54) is 117 Å². The van der Waals surface area contributed by atoms with Gasteiger partial charge in [0.15, 0.2) is 82.2 Å². The summed E-state index contributed by atoms with van der Waals surface area (Å²) in [4.78, 5) is 95.5. The highest BCUT2D eigenvalue weighted by molar-refractivity contribution is 7.92. The van der Waals surface area contributed by atoms with E-state index < -0.39 is 84.0 Å². The largest absolute Gasteiger partial charge is 0.379 e. The summed E-state index contributed by atoms with van der Waals surface area (Å²) < 4.78 is 104. The number of benzene rings is 4. The highest BCUT2D eigenvalue weighted by Crippen LogP contribution is 2.35. The second-order valence-corrected chi connectivity index (χ2v) is 47.0. The molecule has 4 aliphatic rings. The van der Waals surface area contributed by atoms with Crippen molar-refractivity contribution in [2.45, 2.75) is 161 Å². The summed E-state index contributed by atoms with van der Waals surface area (Å²) in [5, 5.41) is 39.8. The van der Waals surface area contributed by atoms with Gasteiger partial charge in [0.25, 0.3) is 23.6 Å². The number of aromatic nitrogens is 16. The van der Waals surface area contributed by atoms with Crippen molar-refractivity contribution in [2.75, 3.05) is 86.8 Å². The summed E-state index contributed by atoms with van der Waals surface area (Å²) in [5.74, 6) is -1.68. The van der Waals surface area contributed by atoms with Gasteiger partial charge in [0.1, 0.15) is 0 Å². The van der Waals surface area contributed by atoms with Crippen molar-refractivity contribution in [2.24, 2.45) is 0 Å². The molecule has 750 valence electrons. The number of aromatic amines is 4. The maximum Gasteiger partial charge on any atom is 0.276 e. The number of hydrogen-bond acceptors (Lipinski definition) is 29. The van der Waals surface area contributed by atoms with E-state index in [1.54, 1.807) is 55.4 Å². The van der Waals surface area contributed by atoms with Gasteiger partial charge in [0, 0.05) is 133 Å². The molecule has 0 spiro atoms. The van der Waals surface area contributed by atoms with E-state index in [-0.39, 0.29) is 42.9 Å². The number of nitrogens with one attached hydrogen (secondary N) is 8. The maximum absolute atomic E-state index is 13.0. The van der Waals surface area contributed by atoms with Crippen LogP contribution in [0, 0.1) is 0 Å². The summed E-state index contributed by atoms with van der Waals surface area (Å²) >= 11 is 0. The first-order chi connectivity index (χ1) is 69.7. The molecule has 37 nitrogen and oxygen atoms in total. The number of sulfone groups is 4. The summed E-state index contributed by atoms with van der Waals surface area (Å²) in [6, 6.07) is 43.4. The molecule has 0 saturated carbocycles. The Balaban J connectivity index is 0.000000132. The van der Waals surface area contributed by atoms with E-state index in [0.717, 1.165) is 175 Å². The molecule has 16 heterocycles. The Labute approximate surface area is 839 Å². The second kappa shape index (κ2) is 44.8. The summed E-state index contributed by atoms with van der Waals surface area (Å²) in [6.45, 7) is 26.3. The number of likely N-dealkylation sites (tertiary alicyclic amines) is 3. The van der Waals surface area contributed by atoms with Crippen molar-refractivity contribution in [3.63, 3.8) is 0 Å². The van der Waals surface area contributed by atoms with E-state index >= 15 is 0 Å². The highest BCUT2D eigenvalue weighted by Gasteiger charge is 2.29. The number of fused-ring (bicyclic) bond motifs is 4. The van der Waals surface area contributed by atoms with Gasteiger partial charge in [-0.15, -0.1) is 0 Å². The smallest absolute Gasteiger partial charge is 0.276 e. The monoisotopic (exact) mass is 2030 g/mol. The molecule has 20 rings (SSSR count). The number of piperidine rings is 1. The number of H-pyrrole nitrogens is 4. The topological polar surface area (TPSA) is 493 Å². The molecule has 4 aliphatic heterocycles. The van der Waals surface area contributed by atoms with Gasteiger partial charge >= 0.3 is 0 Å². The Bertz CT molecular complexity index is 7670. The maximum atomic E-state index is 13.0. The van der Waals surface area contributed by atoms with Gasteiger partial charge in [0.05, 0.1) is 104 Å². The van der Waals surface area contributed by atoms with Crippen molar-refractivity contribution in [3.8, 4) is 44.5 Å². The van der Waals surface area contributed by atoms with Crippen LogP contribution in [0.15, 0.2) is 240 Å². The van der Waals surface area contributed by atoms with Gasteiger partial charge in [0.2, 0.25) is 0 Å². The molecule has 4 saturated heterocycles. The lowest BCUT2D eigenvalue weighted by Crippen LogP contribution is -2.36. The van der Waals surface area contributed by atoms with Crippen LogP contribution in [0.2, 0.25) is 0 Å². The number of pyridine rings is 8. The molecule has 16 aromatic rings. The minimum Gasteiger partial charge on any atom is -0.379 e. The third-order valence-electron chi connectivity index (χ3n) is 25.6. The zero-order chi connectivity index (χ0) is 102. The standard InChI is InChI=1S/C27H30N6O3S.C26H28N6O4S.C26H28N6O3S.C25H26N6O3S/c1-18(2)37(35,36)25-9-7-22(16-29-25)30-27(34)26-23-13-20(6-8-24(23)31-32-26)21-12-19(14-28-15-21)17-33-10-4-3-5-11-33;1-17(2)37(34,35)24-6-4-21(15-28-24)29-26(33)25-22-12-19(3-5-23(22)30-31-25)20-11-18(13-27-14-20)16-32-7-9-36-10-8-32;1-17(2)36(34,35)24-8-6-21(15-28-24)29-26(33)25-22-12-19(5-7-23(22)30-31-25)20-11-18(13-27-14-20)16-32-9-3-4-10-32;1-16(2)35(33,34)23-7-5-20(14-27-23)28-25(32)24-21-11-18(4-6-22(21)29-30-24)19-10-17(12-26-13-19)15-31-8-3-9-31/h6-9,12-16,18H,3-5,10-11,17H2,1-2H3,(H,30,34)(H,31,32);3-6,11-15,17H,7-10,16H2,1-2H3,(H,29,33)(H,30,31);5-8,11-15,17H,3-4,9-10,16H2,1-2H3,(H,29,33)(H,30,31);4-7,10-14,16H,3,8-9,15H2,1-2H3,(H,28,32)(H,29,30). The van der Waals surface area contributed by atoms with Crippen LogP contribution in [0.5, 0.6) is 0 Å². The number of rotatable bonds is 28. The first-order valence-corrected chi connectivity index (χ1v) is 54.1. The summed E-state index contributed by atoms with van der Waals surface area (Å²) in [5.41, 5.74) is 17.7. The number of anilines is 4. The molecule has 0 aliphatic carbocycles. The molecule has 0 radical (unpaired) electrons. The Kier molecular flexibility index (Phi) is 31.5. The Hall–Kier alpha value is -14.6. The Morgan fingerprint density at radius 1 is 0.283 bits per heavy atom. The number of carbonyl (C=O) groups excluding carboxylic acids is 4. The summed E-state index contributed by atoms with van der Waals surface area (Å²) in [6.07, 6.45) is 27.7. The lowest BCUT2D eigenvalue weighted by molar-refractivity contribution is 0.0341. The average Bonchev–Trinajstić information content (AvgIpc) is 1.66. The van der Waals surface area contributed by atoms with Crippen molar-refractivity contribution in [1.82, 2.24) is 100 Å².